The fourth-order valence-corrected chi connectivity index (χ4v) is 4.13. The van der Waals surface area contributed by atoms with Crippen LogP contribution in [0, 0.1) is 0 Å². The van der Waals surface area contributed by atoms with E-state index in [1.54, 1.807) is 0 Å². The Balaban J connectivity index is 1.72. The molecule has 0 aliphatic carbocycles. The minimum atomic E-state index is -1.40. The summed E-state index contributed by atoms with van der Waals surface area (Å²) in [6.07, 6.45) is -2.20. The lowest BCUT2D eigenvalue weighted by Crippen LogP contribution is -2.55. The molecule has 5 unspecified atom stereocenters. The first-order valence-corrected chi connectivity index (χ1v) is 10.0. The molecule has 0 bridgehead atoms. The van der Waals surface area contributed by atoms with Crippen molar-refractivity contribution in [2.24, 2.45) is 0 Å². The van der Waals surface area contributed by atoms with E-state index in [0.29, 0.717) is 6.42 Å². The van der Waals surface area contributed by atoms with Crippen LogP contribution in [0.2, 0.25) is 0 Å². The van der Waals surface area contributed by atoms with Crippen LogP contribution in [0.3, 0.4) is 0 Å². The van der Waals surface area contributed by atoms with Gasteiger partial charge in [-0.3, -0.25) is 0 Å². The van der Waals surface area contributed by atoms with Crippen molar-refractivity contribution in [3.63, 3.8) is 0 Å². The second kappa shape index (κ2) is 8.26. The number of hydrogen-bond acceptors (Lipinski definition) is 5. The Hall–Kier alpha value is -2.22. The Bertz CT molecular complexity index is 965. The smallest absolute Gasteiger partial charge is 0.113 e. The van der Waals surface area contributed by atoms with Gasteiger partial charge in [-0.15, -0.1) is 0 Å². The molecular weight excluding hydrogens is 370 g/mol. The zero-order valence-corrected chi connectivity index (χ0v) is 16.3. The van der Waals surface area contributed by atoms with E-state index in [0.717, 1.165) is 28.5 Å². The fourth-order valence-electron chi connectivity index (χ4n) is 4.13. The Morgan fingerprint density at radius 2 is 1.66 bits per heavy atom. The number of aliphatic hydroxyl groups is 4. The molecule has 3 aromatic rings. The van der Waals surface area contributed by atoms with E-state index in [1.165, 1.54) is 11.1 Å². The van der Waals surface area contributed by atoms with Crippen molar-refractivity contribution >= 4 is 10.9 Å². The average molecular weight is 397 g/mol. The molecule has 1 saturated heterocycles. The van der Waals surface area contributed by atoms with Crippen LogP contribution in [-0.4, -0.2) is 56.4 Å². The first kappa shape index (κ1) is 20.1. The molecular formula is C23H27NO5. The molecule has 2 heterocycles. The summed E-state index contributed by atoms with van der Waals surface area (Å²) in [7, 11) is 0. The Morgan fingerprint density at radius 3 is 2.34 bits per heavy atom. The van der Waals surface area contributed by atoms with Crippen molar-refractivity contribution in [3.8, 4) is 0 Å². The molecule has 0 amide bonds. The number of rotatable bonds is 5. The third-order valence-corrected chi connectivity index (χ3v) is 5.84. The van der Waals surface area contributed by atoms with Crippen LogP contribution < -0.4 is 0 Å². The third-order valence-electron chi connectivity index (χ3n) is 5.84. The van der Waals surface area contributed by atoms with Crippen molar-refractivity contribution in [2.45, 2.75) is 50.3 Å². The number of aryl methyl sites for hydroxylation is 1. The van der Waals surface area contributed by atoms with Crippen molar-refractivity contribution in [2.75, 3.05) is 6.61 Å². The summed E-state index contributed by atoms with van der Waals surface area (Å²) in [6.45, 7) is 1.68. The van der Waals surface area contributed by atoms with Crippen molar-refractivity contribution < 1.29 is 25.2 Å². The highest BCUT2D eigenvalue weighted by molar-refractivity contribution is 5.87. The first-order chi connectivity index (χ1) is 14.0. The molecule has 5 N–H and O–H groups in total. The van der Waals surface area contributed by atoms with Crippen molar-refractivity contribution in [1.82, 2.24) is 4.98 Å². The number of ether oxygens (including phenoxy) is 1. The number of nitrogens with one attached hydrogen (secondary N) is 1. The average Bonchev–Trinajstić information content (AvgIpc) is 3.16. The van der Waals surface area contributed by atoms with Gasteiger partial charge in [-0.05, 0) is 41.2 Å². The van der Waals surface area contributed by atoms with Gasteiger partial charge in [0.05, 0.1) is 6.61 Å². The van der Waals surface area contributed by atoms with Crippen LogP contribution in [-0.2, 0) is 17.6 Å². The second-order valence-corrected chi connectivity index (χ2v) is 7.68. The normalized spacial score (nSPS) is 27.4. The maximum absolute atomic E-state index is 10.6. The van der Waals surface area contributed by atoms with Crippen LogP contribution in [0.5, 0.6) is 0 Å². The zero-order valence-electron chi connectivity index (χ0n) is 16.3. The number of hydrogen-bond donors (Lipinski definition) is 5. The largest absolute Gasteiger partial charge is 0.394 e. The van der Waals surface area contributed by atoms with Gasteiger partial charge < -0.3 is 30.1 Å². The number of aliphatic hydroxyl groups excluding tert-OH is 4. The van der Waals surface area contributed by atoms with E-state index in [-0.39, 0.29) is 0 Å². The second-order valence-electron chi connectivity index (χ2n) is 7.68. The highest BCUT2D eigenvalue weighted by Crippen LogP contribution is 2.37. The molecule has 2 aromatic carbocycles. The summed E-state index contributed by atoms with van der Waals surface area (Å²) in [5, 5.41) is 41.3. The van der Waals surface area contributed by atoms with Crippen molar-refractivity contribution in [1.29, 1.82) is 0 Å². The van der Waals surface area contributed by atoms with Gasteiger partial charge in [0.15, 0.2) is 0 Å². The van der Waals surface area contributed by atoms with Gasteiger partial charge in [0.25, 0.3) is 0 Å². The molecule has 1 aliphatic rings. The molecule has 0 spiro atoms. The molecule has 5 atom stereocenters. The van der Waals surface area contributed by atoms with E-state index < -0.39 is 37.1 Å². The monoisotopic (exact) mass is 397 g/mol. The Kier molecular flexibility index (Phi) is 5.72. The molecule has 0 radical (unpaired) electrons. The lowest BCUT2D eigenvalue weighted by atomic mass is 9.88. The first-order valence-electron chi connectivity index (χ1n) is 10.0. The van der Waals surface area contributed by atoms with Gasteiger partial charge in [0, 0.05) is 17.1 Å². The minimum absolute atomic E-state index is 0.443. The van der Waals surface area contributed by atoms with E-state index in [4.69, 9.17) is 4.74 Å². The highest BCUT2D eigenvalue weighted by atomic mass is 16.5. The number of aromatic nitrogens is 1. The predicted molar refractivity (Wildman–Crippen MR) is 110 cm³/mol. The molecule has 4 rings (SSSR count). The fraction of sp³-hybridized carbons (Fsp3) is 0.391. The number of fused-ring (bicyclic) bond motifs is 1. The topological polar surface area (TPSA) is 106 Å². The molecule has 6 nitrogen and oxygen atoms in total. The van der Waals surface area contributed by atoms with Crippen LogP contribution in [0.25, 0.3) is 10.9 Å². The van der Waals surface area contributed by atoms with Gasteiger partial charge in [0.2, 0.25) is 0 Å². The van der Waals surface area contributed by atoms with E-state index in [1.807, 2.05) is 24.4 Å². The highest BCUT2D eigenvalue weighted by Gasteiger charge is 2.44. The van der Waals surface area contributed by atoms with Crippen LogP contribution in [0.15, 0.2) is 48.7 Å². The third kappa shape index (κ3) is 3.70. The summed E-state index contributed by atoms with van der Waals surface area (Å²) >= 11 is 0. The molecule has 0 saturated carbocycles. The minimum Gasteiger partial charge on any atom is -0.394 e. The van der Waals surface area contributed by atoms with Crippen LogP contribution >= 0.6 is 0 Å². The predicted octanol–water partition coefficient (Wildman–Crippen LogP) is 1.84. The summed E-state index contributed by atoms with van der Waals surface area (Å²) in [6, 6.07) is 14.2. The summed E-state index contributed by atoms with van der Waals surface area (Å²) in [5.41, 5.74) is 5.14. The standard InChI is InChI=1S/C23H27NO5/c1-2-13-6-8-14(9-7-13)10-15-11-24-17-5-3-4-16(19(15)17)23-22(28)21(27)20(26)18(12-25)29-23/h3-9,11,18,20-28H,2,10,12H2,1H3. The summed E-state index contributed by atoms with van der Waals surface area (Å²) in [4.78, 5) is 3.27. The summed E-state index contributed by atoms with van der Waals surface area (Å²) in [5.74, 6) is 0. The Morgan fingerprint density at radius 1 is 0.931 bits per heavy atom. The van der Waals surface area contributed by atoms with Crippen molar-refractivity contribution in [3.05, 3.63) is 70.9 Å². The zero-order chi connectivity index (χ0) is 20.5. The molecule has 1 aromatic heterocycles. The van der Waals surface area contributed by atoms with E-state index in [9.17, 15) is 20.4 Å². The van der Waals surface area contributed by atoms with E-state index in [2.05, 4.69) is 36.2 Å². The van der Waals surface area contributed by atoms with Gasteiger partial charge in [-0.2, -0.15) is 0 Å². The number of benzene rings is 2. The van der Waals surface area contributed by atoms with Crippen LogP contribution in [0.4, 0.5) is 0 Å². The SMILES string of the molecule is CCc1ccc(Cc2c[nH]c3cccc(C4OC(CO)C(O)C(O)C4O)c23)cc1. The Labute approximate surface area is 169 Å². The molecule has 29 heavy (non-hydrogen) atoms. The molecule has 1 fully saturated rings. The van der Waals surface area contributed by atoms with Gasteiger partial charge in [0.1, 0.15) is 30.5 Å². The maximum Gasteiger partial charge on any atom is 0.113 e. The quantitative estimate of drug-likeness (QED) is 0.452. The van der Waals surface area contributed by atoms with Gasteiger partial charge >= 0.3 is 0 Å². The lowest BCUT2D eigenvalue weighted by Gasteiger charge is -2.40. The molecule has 6 heteroatoms. The van der Waals surface area contributed by atoms with Gasteiger partial charge in [-0.1, -0.05) is 43.3 Å². The number of H-pyrrole nitrogens is 1. The van der Waals surface area contributed by atoms with Gasteiger partial charge in [-0.25, -0.2) is 0 Å². The van der Waals surface area contributed by atoms with E-state index >= 15 is 0 Å². The maximum atomic E-state index is 10.6. The molecule has 1 aliphatic heterocycles. The lowest BCUT2D eigenvalue weighted by molar-refractivity contribution is -0.231. The number of aromatic amines is 1. The summed E-state index contributed by atoms with van der Waals surface area (Å²) < 4.78 is 5.81. The molecule has 154 valence electrons. The van der Waals surface area contributed by atoms with Crippen LogP contribution in [0.1, 0.15) is 35.3 Å².